The molecule has 0 unspecified atom stereocenters. The van der Waals surface area contributed by atoms with Crippen molar-refractivity contribution in [2.24, 2.45) is 12.8 Å². The molecular weight excluding hydrogens is 255 g/mol. The molecule has 0 amide bonds. The van der Waals surface area contributed by atoms with Gasteiger partial charge in [-0.3, -0.25) is 4.68 Å². The van der Waals surface area contributed by atoms with Gasteiger partial charge in [-0.25, -0.2) is 4.39 Å². The molecule has 2 rings (SSSR count). The van der Waals surface area contributed by atoms with Crippen LogP contribution < -0.4 is 10.6 Å². The van der Waals surface area contributed by atoms with Crippen LogP contribution in [-0.2, 0) is 13.6 Å². The summed E-state index contributed by atoms with van der Waals surface area (Å²) in [5.74, 6) is -0.212. The maximum atomic E-state index is 13.7. The predicted octanol–water partition coefficient (Wildman–Crippen LogP) is 2.52. The van der Waals surface area contributed by atoms with Crippen molar-refractivity contribution in [2.75, 3.05) is 11.9 Å². The third-order valence-electron chi connectivity index (χ3n) is 3.39. The summed E-state index contributed by atoms with van der Waals surface area (Å²) in [6.07, 6.45) is 3.80. The summed E-state index contributed by atoms with van der Waals surface area (Å²) >= 11 is 0. The Labute approximate surface area is 119 Å². The molecule has 0 aliphatic heterocycles. The fraction of sp³-hybridized carbons (Fsp3) is 0.400. The first-order valence-electron chi connectivity index (χ1n) is 6.62. The quantitative estimate of drug-likeness (QED) is 0.933. The first-order valence-corrected chi connectivity index (χ1v) is 6.62. The second-order valence-corrected chi connectivity index (χ2v) is 5.33. The van der Waals surface area contributed by atoms with Gasteiger partial charge in [0.25, 0.3) is 0 Å². The number of hydrogen-bond acceptors (Lipinski definition) is 3. The highest BCUT2D eigenvalue weighted by Crippen LogP contribution is 2.28. The first-order chi connectivity index (χ1) is 9.38. The molecule has 0 bridgehead atoms. The van der Waals surface area contributed by atoms with E-state index >= 15 is 0 Å². The number of benzene rings is 1. The van der Waals surface area contributed by atoms with Crippen LogP contribution in [0.3, 0.4) is 0 Å². The molecule has 0 fully saturated rings. The van der Waals surface area contributed by atoms with E-state index in [-0.39, 0.29) is 11.9 Å². The van der Waals surface area contributed by atoms with E-state index in [0.717, 1.165) is 16.8 Å². The fourth-order valence-electron chi connectivity index (χ4n) is 2.29. The topological polar surface area (TPSA) is 47.1 Å². The lowest BCUT2D eigenvalue weighted by atomic mass is 10.0. The molecule has 1 aromatic carbocycles. The van der Waals surface area contributed by atoms with Crippen molar-refractivity contribution in [2.45, 2.75) is 26.4 Å². The van der Waals surface area contributed by atoms with E-state index in [1.165, 1.54) is 6.07 Å². The van der Waals surface area contributed by atoms with Gasteiger partial charge in [0.1, 0.15) is 5.82 Å². The van der Waals surface area contributed by atoms with Crippen molar-refractivity contribution < 1.29 is 4.39 Å². The lowest BCUT2D eigenvalue weighted by Crippen LogP contribution is -2.20. The van der Waals surface area contributed by atoms with Crippen molar-refractivity contribution in [1.29, 1.82) is 0 Å². The predicted molar refractivity (Wildman–Crippen MR) is 79.1 cm³/mol. The Morgan fingerprint density at radius 2 is 2.15 bits per heavy atom. The summed E-state index contributed by atoms with van der Waals surface area (Å²) in [6, 6.07) is 3.18. The van der Waals surface area contributed by atoms with Gasteiger partial charge in [0.05, 0.1) is 6.20 Å². The Bertz CT molecular complexity index is 604. The molecule has 5 heteroatoms. The van der Waals surface area contributed by atoms with Gasteiger partial charge in [-0.05, 0) is 37.1 Å². The Hall–Kier alpha value is -1.88. The smallest absolute Gasteiger partial charge is 0.126 e. The highest BCUT2D eigenvalue weighted by atomic mass is 19.1. The molecule has 4 nitrogen and oxygen atoms in total. The van der Waals surface area contributed by atoms with Gasteiger partial charge >= 0.3 is 0 Å². The number of rotatable bonds is 4. The zero-order chi connectivity index (χ0) is 14.9. The van der Waals surface area contributed by atoms with E-state index < -0.39 is 0 Å². The van der Waals surface area contributed by atoms with Crippen molar-refractivity contribution in [1.82, 2.24) is 9.78 Å². The number of halogens is 1. The molecule has 2 N–H and O–H groups in total. The molecule has 0 saturated heterocycles. The number of hydrogen-bond donors (Lipinski definition) is 1. The van der Waals surface area contributed by atoms with Gasteiger partial charge in [0.15, 0.2) is 0 Å². The van der Waals surface area contributed by atoms with Crippen LogP contribution in [0.2, 0.25) is 0 Å². The fourth-order valence-corrected chi connectivity index (χ4v) is 2.29. The van der Waals surface area contributed by atoms with E-state index in [4.69, 9.17) is 5.73 Å². The van der Waals surface area contributed by atoms with E-state index in [9.17, 15) is 4.39 Å². The maximum Gasteiger partial charge on any atom is 0.126 e. The largest absolute Gasteiger partial charge is 0.370 e. The molecule has 0 aliphatic carbocycles. The molecule has 0 spiro atoms. The number of anilines is 1. The first kappa shape index (κ1) is 14.5. The SMILES string of the molecule is Cc1cc(N(C)Cc2cnn(C)c2)c([C@@H](C)N)cc1F. The van der Waals surface area contributed by atoms with Crippen molar-refractivity contribution in [3.63, 3.8) is 0 Å². The number of aryl methyl sites for hydroxylation is 2. The lowest BCUT2D eigenvalue weighted by molar-refractivity contribution is 0.612. The summed E-state index contributed by atoms with van der Waals surface area (Å²) in [4.78, 5) is 2.07. The van der Waals surface area contributed by atoms with E-state index in [0.29, 0.717) is 12.1 Å². The van der Waals surface area contributed by atoms with E-state index in [1.54, 1.807) is 11.6 Å². The molecule has 2 aromatic rings. The van der Waals surface area contributed by atoms with Crippen LogP contribution in [0.1, 0.15) is 29.7 Å². The van der Waals surface area contributed by atoms with Crippen LogP contribution in [0, 0.1) is 12.7 Å². The molecule has 1 aromatic heterocycles. The Kier molecular flexibility index (Phi) is 4.09. The molecule has 1 atom stereocenters. The normalized spacial score (nSPS) is 12.5. The van der Waals surface area contributed by atoms with Crippen molar-refractivity contribution in [3.8, 4) is 0 Å². The van der Waals surface area contributed by atoms with Crippen LogP contribution in [0.25, 0.3) is 0 Å². The van der Waals surface area contributed by atoms with Gasteiger partial charge < -0.3 is 10.6 Å². The summed E-state index contributed by atoms with van der Waals surface area (Å²) in [6.45, 7) is 4.34. The Morgan fingerprint density at radius 3 is 2.70 bits per heavy atom. The van der Waals surface area contributed by atoms with Gasteiger partial charge in [0, 0.05) is 44.1 Å². The number of aromatic nitrogens is 2. The van der Waals surface area contributed by atoms with Crippen LogP contribution >= 0.6 is 0 Å². The molecule has 0 aliphatic rings. The van der Waals surface area contributed by atoms with Crippen LogP contribution in [-0.4, -0.2) is 16.8 Å². The summed E-state index contributed by atoms with van der Waals surface area (Å²) < 4.78 is 15.5. The van der Waals surface area contributed by atoms with Crippen molar-refractivity contribution >= 4 is 5.69 Å². The zero-order valence-electron chi connectivity index (χ0n) is 12.4. The summed E-state index contributed by atoms with van der Waals surface area (Å²) in [7, 11) is 3.87. The average molecular weight is 276 g/mol. The van der Waals surface area contributed by atoms with Gasteiger partial charge in [-0.1, -0.05) is 0 Å². The Balaban J connectivity index is 2.33. The second kappa shape index (κ2) is 5.63. The molecule has 1 heterocycles. The maximum absolute atomic E-state index is 13.7. The number of nitrogens with two attached hydrogens (primary N) is 1. The monoisotopic (exact) mass is 276 g/mol. The minimum Gasteiger partial charge on any atom is -0.370 e. The molecular formula is C15H21FN4. The molecule has 108 valence electrons. The van der Waals surface area contributed by atoms with Crippen LogP contribution in [0.15, 0.2) is 24.5 Å². The van der Waals surface area contributed by atoms with Crippen LogP contribution in [0.4, 0.5) is 10.1 Å². The third kappa shape index (κ3) is 2.99. The van der Waals surface area contributed by atoms with E-state index in [2.05, 4.69) is 10.00 Å². The van der Waals surface area contributed by atoms with Crippen molar-refractivity contribution in [3.05, 3.63) is 47.0 Å². The summed E-state index contributed by atoms with van der Waals surface area (Å²) in [5, 5.41) is 4.16. The summed E-state index contributed by atoms with van der Waals surface area (Å²) in [5.41, 5.74) is 9.47. The van der Waals surface area contributed by atoms with Gasteiger partial charge in [-0.2, -0.15) is 5.10 Å². The molecule has 0 radical (unpaired) electrons. The minimum atomic E-state index is -0.212. The number of nitrogens with zero attached hydrogens (tertiary/aromatic N) is 3. The van der Waals surface area contributed by atoms with Gasteiger partial charge in [-0.15, -0.1) is 0 Å². The highest BCUT2D eigenvalue weighted by molar-refractivity contribution is 5.56. The molecule has 0 saturated carbocycles. The molecule has 20 heavy (non-hydrogen) atoms. The lowest BCUT2D eigenvalue weighted by Gasteiger charge is -2.24. The standard InChI is InChI=1S/C15H21FN4/c1-10-5-15(13(11(2)17)6-14(10)16)19(3)8-12-7-18-20(4)9-12/h5-7,9,11H,8,17H2,1-4H3/t11-/m1/s1. The average Bonchev–Trinajstić information content (AvgIpc) is 2.77. The minimum absolute atomic E-state index is 0.212. The van der Waals surface area contributed by atoms with Gasteiger partial charge in [0.2, 0.25) is 0 Å². The Morgan fingerprint density at radius 1 is 1.45 bits per heavy atom. The third-order valence-corrected chi connectivity index (χ3v) is 3.39. The van der Waals surface area contributed by atoms with Crippen LogP contribution in [0.5, 0.6) is 0 Å². The second-order valence-electron chi connectivity index (χ2n) is 5.33. The van der Waals surface area contributed by atoms with E-state index in [1.807, 2.05) is 39.5 Å². The zero-order valence-corrected chi connectivity index (χ0v) is 12.4. The highest BCUT2D eigenvalue weighted by Gasteiger charge is 2.14.